The number of benzene rings is 1. The fourth-order valence-electron chi connectivity index (χ4n) is 2.63. The average Bonchev–Trinajstić information content (AvgIpc) is 2.48. The summed E-state index contributed by atoms with van der Waals surface area (Å²) in [5, 5.41) is 0. The standard InChI is InChI=1S/C16H22FNO3/c1-3-20-16(19)11-18(2)14-8-9-21-15(10-14)12-4-6-13(17)7-5-12/h4-7,14-15H,3,8-11H2,1-2H3. The lowest BCUT2D eigenvalue weighted by atomic mass is 9.96. The van der Waals surface area contributed by atoms with Gasteiger partial charge in [0.1, 0.15) is 5.82 Å². The van der Waals surface area contributed by atoms with Gasteiger partial charge in [-0.15, -0.1) is 0 Å². The zero-order valence-corrected chi connectivity index (χ0v) is 12.5. The minimum absolute atomic E-state index is 0.0472. The molecule has 1 aliphatic rings. The van der Waals surface area contributed by atoms with Crippen LogP contribution in [0, 0.1) is 5.82 Å². The summed E-state index contributed by atoms with van der Waals surface area (Å²) in [6.45, 7) is 3.13. The Bertz CT molecular complexity index is 463. The van der Waals surface area contributed by atoms with Crippen molar-refractivity contribution in [3.05, 3.63) is 35.6 Å². The molecule has 2 rings (SSSR count). The maximum absolute atomic E-state index is 13.0. The summed E-state index contributed by atoms with van der Waals surface area (Å²) in [7, 11) is 1.93. The van der Waals surface area contributed by atoms with Crippen molar-refractivity contribution in [3.63, 3.8) is 0 Å². The third kappa shape index (κ3) is 4.51. The molecule has 21 heavy (non-hydrogen) atoms. The van der Waals surface area contributed by atoms with Gasteiger partial charge in [-0.05, 0) is 44.5 Å². The van der Waals surface area contributed by atoms with E-state index in [-0.39, 0.29) is 30.5 Å². The summed E-state index contributed by atoms with van der Waals surface area (Å²) in [5.41, 5.74) is 0.977. The van der Waals surface area contributed by atoms with Crippen molar-refractivity contribution in [3.8, 4) is 0 Å². The first-order valence-electron chi connectivity index (χ1n) is 7.33. The molecule has 4 nitrogen and oxygen atoms in total. The first-order chi connectivity index (χ1) is 10.1. The maximum atomic E-state index is 13.0. The topological polar surface area (TPSA) is 38.8 Å². The highest BCUT2D eigenvalue weighted by molar-refractivity contribution is 5.71. The highest BCUT2D eigenvalue weighted by Gasteiger charge is 2.27. The smallest absolute Gasteiger partial charge is 0.320 e. The Labute approximate surface area is 124 Å². The number of halogens is 1. The molecule has 0 N–H and O–H groups in total. The van der Waals surface area contributed by atoms with Crippen molar-refractivity contribution in [1.29, 1.82) is 0 Å². The summed E-state index contributed by atoms with van der Waals surface area (Å²) in [6.07, 6.45) is 1.63. The van der Waals surface area contributed by atoms with E-state index >= 15 is 0 Å². The van der Waals surface area contributed by atoms with Crippen LogP contribution in [0.3, 0.4) is 0 Å². The summed E-state index contributed by atoms with van der Waals surface area (Å²) < 4.78 is 23.7. The van der Waals surface area contributed by atoms with Crippen molar-refractivity contribution >= 4 is 5.97 Å². The van der Waals surface area contributed by atoms with Gasteiger partial charge in [0.2, 0.25) is 0 Å². The second-order valence-electron chi connectivity index (χ2n) is 5.31. The number of ether oxygens (including phenoxy) is 2. The monoisotopic (exact) mass is 295 g/mol. The van der Waals surface area contributed by atoms with Crippen LogP contribution < -0.4 is 0 Å². The predicted molar refractivity (Wildman–Crippen MR) is 77.4 cm³/mol. The second kappa shape index (κ2) is 7.52. The van der Waals surface area contributed by atoms with Crippen LogP contribution in [-0.4, -0.2) is 43.7 Å². The lowest BCUT2D eigenvalue weighted by molar-refractivity contribution is -0.145. The van der Waals surface area contributed by atoms with E-state index in [9.17, 15) is 9.18 Å². The highest BCUT2D eigenvalue weighted by Crippen LogP contribution is 2.30. The fourth-order valence-corrected chi connectivity index (χ4v) is 2.63. The molecule has 5 heteroatoms. The van der Waals surface area contributed by atoms with E-state index in [0.29, 0.717) is 13.2 Å². The molecule has 2 atom stereocenters. The molecule has 1 aromatic rings. The molecular formula is C16H22FNO3. The number of likely N-dealkylation sites (N-methyl/N-ethyl adjacent to an activating group) is 1. The molecule has 1 aromatic carbocycles. The second-order valence-corrected chi connectivity index (χ2v) is 5.31. The molecule has 0 aromatic heterocycles. The van der Waals surface area contributed by atoms with Gasteiger partial charge in [0.25, 0.3) is 0 Å². The van der Waals surface area contributed by atoms with E-state index in [0.717, 1.165) is 18.4 Å². The number of esters is 1. The molecule has 1 heterocycles. The van der Waals surface area contributed by atoms with Crippen LogP contribution in [0.4, 0.5) is 4.39 Å². The first-order valence-corrected chi connectivity index (χ1v) is 7.33. The third-order valence-corrected chi connectivity index (χ3v) is 3.81. The van der Waals surface area contributed by atoms with Crippen molar-refractivity contribution in [2.75, 3.05) is 26.8 Å². The maximum Gasteiger partial charge on any atom is 0.320 e. The first kappa shape index (κ1) is 15.9. The quantitative estimate of drug-likeness (QED) is 0.783. The van der Waals surface area contributed by atoms with E-state index in [1.165, 1.54) is 12.1 Å². The molecule has 0 aliphatic carbocycles. The van der Waals surface area contributed by atoms with Gasteiger partial charge in [-0.3, -0.25) is 9.69 Å². The largest absolute Gasteiger partial charge is 0.465 e. The van der Waals surface area contributed by atoms with Crippen molar-refractivity contribution in [1.82, 2.24) is 4.90 Å². The molecule has 0 saturated carbocycles. The SMILES string of the molecule is CCOC(=O)CN(C)C1CCOC(c2ccc(F)cc2)C1. The van der Waals surface area contributed by atoms with Gasteiger partial charge >= 0.3 is 5.97 Å². The number of hydrogen-bond donors (Lipinski definition) is 0. The summed E-state index contributed by atoms with van der Waals surface area (Å²) >= 11 is 0. The lowest BCUT2D eigenvalue weighted by Crippen LogP contribution is -2.40. The zero-order valence-electron chi connectivity index (χ0n) is 12.5. The summed E-state index contributed by atoms with van der Waals surface area (Å²) in [4.78, 5) is 13.6. The lowest BCUT2D eigenvalue weighted by Gasteiger charge is -2.35. The van der Waals surface area contributed by atoms with E-state index < -0.39 is 0 Å². The van der Waals surface area contributed by atoms with Crippen LogP contribution in [0.25, 0.3) is 0 Å². The Kier molecular flexibility index (Phi) is 5.70. The number of nitrogens with zero attached hydrogens (tertiary/aromatic N) is 1. The van der Waals surface area contributed by atoms with Crippen LogP contribution in [-0.2, 0) is 14.3 Å². The van der Waals surface area contributed by atoms with Crippen LogP contribution in [0.5, 0.6) is 0 Å². The van der Waals surface area contributed by atoms with Crippen LogP contribution in [0.15, 0.2) is 24.3 Å². The molecule has 0 spiro atoms. The van der Waals surface area contributed by atoms with Crippen molar-refractivity contribution < 1.29 is 18.7 Å². The number of hydrogen-bond acceptors (Lipinski definition) is 4. The van der Waals surface area contributed by atoms with Gasteiger partial charge < -0.3 is 9.47 Å². The Hall–Kier alpha value is -1.46. The van der Waals surface area contributed by atoms with E-state index in [1.807, 2.05) is 11.9 Å². The number of carbonyl (C=O) groups is 1. The van der Waals surface area contributed by atoms with Gasteiger partial charge in [-0.25, -0.2) is 4.39 Å². The normalized spacial score (nSPS) is 22.3. The van der Waals surface area contributed by atoms with Crippen LogP contribution >= 0.6 is 0 Å². The summed E-state index contributed by atoms with van der Waals surface area (Å²) in [5.74, 6) is -0.449. The van der Waals surface area contributed by atoms with Gasteiger partial charge in [-0.1, -0.05) is 12.1 Å². The molecular weight excluding hydrogens is 273 g/mol. The van der Waals surface area contributed by atoms with Crippen molar-refractivity contribution in [2.24, 2.45) is 0 Å². The number of rotatable bonds is 5. The highest BCUT2D eigenvalue weighted by atomic mass is 19.1. The molecule has 1 aliphatic heterocycles. The molecule has 0 bridgehead atoms. The van der Waals surface area contributed by atoms with Gasteiger partial charge in [0.15, 0.2) is 0 Å². The molecule has 1 saturated heterocycles. The molecule has 116 valence electrons. The van der Waals surface area contributed by atoms with E-state index in [2.05, 4.69) is 0 Å². The van der Waals surface area contributed by atoms with E-state index in [1.54, 1.807) is 19.1 Å². The van der Waals surface area contributed by atoms with Gasteiger partial charge in [-0.2, -0.15) is 0 Å². The minimum atomic E-state index is -0.245. The Balaban J connectivity index is 1.93. The minimum Gasteiger partial charge on any atom is -0.465 e. The van der Waals surface area contributed by atoms with E-state index in [4.69, 9.17) is 9.47 Å². The average molecular weight is 295 g/mol. The van der Waals surface area contributed by atoms with Crippen LogP contribution in [0.2, 0.25) is 0 Å². The van der Waals surface area contributed by atoms with Crippen molar-refractivity contribution in [2.45, 2.75) is 31.9 Å². The molecule has 1 fully saturated rings. The van der Waals surface area contributed by atoms with Crippen LogP contribution in [0.1, 0.15) is 31.4 Å². The third-order valence-electron chi connectivity index (χ3n) is 3.81. The molecule has 0 radical (unpaired) electrons. The van der Waals surface area contributed by atoms with Gasteiger partial charge in [0.05, 0.1) is 19.3 Å². The Morgan fingerprint density at radius 2 is 2.14 bits per heavy atom. The fraction of sp³-hybridized carbons (Fsp3) is 0.562. The molecule has 0 amide bonds. The van der Waals surface area contributed by atoms with Gasteiger partial charge in [0, 0.05) is 12.6 Å². The zero-order chi connectivity index (χ0) is 15.2. The Morgan fingerprint density at radius 3 is 2.81 bits per heavy atom. The number of carbonyl (C=O) groups excluding carboxylic acids is 1. The Morgan fingerprint density at radius 1 is 1.43 bits per heavy atom. The molecule has 2 unspecified atom stereocenters. The summed E-state index contributed by atoms with van der Waals surface area (Å²) in [6, 6.07) is 6.68. The predicted octanol–water partition coefficient (Wildman–Crippen LogP) is 2.54.